The van der Waals surface area contributed by atoms with E-state index in [0.29, 0.717) is 30.6 Å². The van der Waals surface area contributed by atoms with E-state index in [4.69, 9.17) is 21.1 Å². The summed E-state index contributed by atoms with van der Waals surface area (Å²) in [6.45, 7) is 4.96. The summed E-state index contributed by atoms with van der Waals surface area (Å²) in [5.41, 5.74) is 1.33. The minimum absolute atomic E-state index is 0.179. The SMILES string of the molecule is CC(C)c1ccc(S(=O)(=O)Nc2cc3c(cc2Cl)OCCO3)cc1. The van der Waals surface area contributed by atoms with Crippen molar-refractivity contribution < 1.29 is 17.9 Å². The van der Waals surface area contributed by atoms with Crippen LogP contribution in [0.1, 0.15) is 25.3 Å². The molecule has 0 spiro atoms. The smallest absolute Gasteiger partial charge is 0.261 e. The van der Waals surface area contributed by atoms with E-state index in [-0.39, 0.29) is 15.6 Å². The van der Waals surface area contributed by atoms with Crippen LogP contribution in [-0.2, 0) is 10.0 Å². The predicted octanol–water partition coefficient (Wildman–Crippen LogP) is 4.04. The summed E-state index contributed by atoms with van der Waals surface area (Å²) in [6, 6.07) is 9.88. The Morgan fingerprint density at radius 3 is 2.21 bits per heavy atom. The second kappa shape index (κ2) is 6.53. The van der Waals surface area contributed by atoms with Crippen LogP contribution in [0, 0.1) is 0 Å². The number of anilines is 1. The summed E-state index contributed by atoms with van der Waals surface area (Å²) >= 11 is 6.16. The van der Waals surface area contributed by atoms with Gasteiger partial charge in [0.05, 0.1) is 15.6 Å². The zero-order valence-corrected chi connectivity index (χ0v) is 14.9. The van der Waals surface area contributed by atoms with Gasteiger partial charge >= 0.3 is 0 Å². The van der Waals surface area contributed by atoms with Crippen LogP contribution in [0.4, 0.5) is 5.69 Å². The van der Waals surface area contributed by atoms with Crippen molar-refractivity contribution >= 4 is 27.3 Å². The lowest BCUT2D eigenvalue weighted by atomic mass is 10.0. The van der Waals surface area contributed by atoms with E-state index in [0.717, 1.165) is 5.56 Å². The molecule has 1 aliphatic heterocycles. The van der Waals surface area contributed by atoms with Gasteiger partial charge in [-0.05, 0) is 23.6 Å². The van der Waals surface area contributed by atoms with Crippen molar-refractivity contribution in [3.63, 3.8) is 0 Å². The maximum atomic E-state index is 12.6. The van der Waals surface area contributed by atoms with Crippen molar-refractivity contribution in [1.82, 2.24) is 0 Å². The average molecular weight is 368 g/mol. The third kappa shape index (κ3) is 3.44. The fourth-order valence-electron chi connectivity index (χ4n) is 2.38. The maximum absolute atomic E-state index is 12.6. The van der Waals surface area contributed by atoms with Crippen molar-refractivity contribution in [1.29, 1.82) is 0 Å². The molecular formula is C17H18ClNO4S. The molecule has 5 nitrogen and oxygen atoms in total. The summed E-state index contributed by atoms with van der Waals surface area (Å²) in [7, 11) is -3.74. The molecule has 0 saturated carbocycles. The summed E-state index contributed by atoms with van der Waals surface area (Å²) in [5, 5.41) is 0.252. The summed E-state index contributed by atoms with van der Waals surface area (Å²) in [4.78, 5) is 0.179. The Kier molecular flexibility index (Phi) is 4.60. The highest BCUT2D eigenvalue weighted by molar-refractivity contribution is 7.92. The van der Waals surface area contributed by atoms with Crippen LogP contribution in [0.3, 0.4) is 0 Å². The number of hydrogen-bond acceptors (Lipinski definition) is 4. The molecule has 128 valence electrons. The molecule has 7 heteroatoms. The van der Waals surface area contributed by atoms with Crippen LogP contribution in [0.2, 0.25) is 5.02 Å². The molecule has 1 N–H and O–H groups in total. The van der Waals surface area contributed by atoms with E-state index < -0.39 is 10.0 Å². The van der Waals surface area contributed by atoms with Gasteiger partial charge in [-0.3, -0.25) is 4.72 Å². The highest BCUT2D eigenvalue weighted by Crippen LogP contribution is 2.38. The molecule has 24 heavy (non-hydrogen) atoms. The van der Waals surface area contributed by atoms with Crippen LogP contribution in [0.15, 0.2) is 41.3 Å². The van der Waals surface area contributed by atoms with Crippen LogP contribution in [0.5, 0.6) is 11.5 Å². The molecule has 0 unspecified atom stereocenters. The minimum atomic E-state index is -3.74. The third-order valence-electron chi connectivity index (χ3n) is 3.73. The highest BCUT2D eigenvalue weighted by Gasteiger charge is 2.20. The van der Waals surface area contributed by atoms with Gasteiger partial charge in [0.15, 0.2) is 11.5 Å². The molecule has 1 aliphatic rings. The van der Waals surface area contributed by atoms with Gasteiger partial charge in [0, 0.05) is 12.1 Å². The fraction of sp³-hybridized carbons (Fsp3) is 0.294. The van der Waals surface area contributed by atoms with Crippen molar-refractivity contribution in [2.75, 3.05) is 17.9 Å². The van der Waals surface area contributed by atoms with E-state index in [2.05, 4.69) is 18.6 Å². The lowest BCUT2D eigenvalue weighted by Gasteiger charge is -2.20. The number of halogens is 1. The number of fused-ring (bicyclic) bond motifs is 1. The lowest BCUT2D eigenvalue weighted by molar-refractivity contribution is 0.171. The first-order valence-corrected chi connectivity index (χ1v) is 9.45. The van der Waals surface area contributed by atoms with E-state index >= 15 is 0 Å². The fourth-order valence-corrected chi connectivity index (χ4v) is 3.71. The molecule has 0 amide bonds. The van der Waals surface area contributed by atoms with Gasteiger partial charge in [-0.15, -0.1) is 0 Å². The molecule has 2 aromatic rings. The van der Waals surface area contributed by atoms with Gasteiger partial charge in [-0.2, -0.15) is 0 Å². The normalized spacial score (nSPS) is 13.8. The number of benzene rings is 2. The first-order valence-electron chi connectivity index (χ1n) is 7.59. The molecule has 3 rings (SSSR count). The maximum Gasteiger partial charge on any atom is 0.261 e. The standard InChI is InChI=1S/C17H18ClNO4S/c1-11(2)12-3-5-13(6-4-12)24(20,21)19-15-10-17-16(9-14(15)18)22-7-8-23-17/h3-6,9-11,19H,7-8H2,1-2H3. The zero-order chi connectivity index (χ0) is 17.3. The zero-order valence-electron chi connectivity index (χ0n) is 13.4. The molecule has 0 aromatic heterocycles. The van der Waals surface area contributed by atoms with Gasteiger partial charge < -0.3 is 9.47 Å². The van der Waals surface area contributed by atoms with Gasteiger partial charge in [0.25, 0.3) is 10.0 Å². The largest absolute Gasteiger partial charge is 0.486 e. The monoisotopic (exact) mass is 367 g/mol. The Labute approximate surface area is 146 Å². The van der Waals surface area contributed by atoms with E-state index in [9.17, 15) is 8.42 Å². The highest BCUT2D eigenvalue weighted by atomic mass is 35.5. The third-order valence-corrected chi connectivity index (χ3v) is 5.43. The number of hydrogen-bond donors (Lipinski definition) is 1. The Morgan fingerprint density at radius 1 is 1.04 bits per heavy atom. The van der Waals surface area contributed by atoms with Gasteiger partial charge in [-0.1, -0.05) is 37.6 Å². The molecule has 0 aliphatic carbocycles. The Morgan fingerprint density at radius 2 is 1.62 bits per heavy atom. The topological polar surface area (TPSA) is 64.6 Å². The number of sulfonamides is 1. The van der Waals surface area contributed by atoms with Crippen molar-refractivity contribution in [3.05, 3.63) is 47.0 Å². The molecule has 2 aromatic carbocycles. The van der Waals surface area contributed by atoms with Crippen molar-refractivity contribution in [3.8, 4) is 11.5 Å². The Balaban J connectivity index is 1.89. The van der Waals surface area contributed by atoms with Crippen LogP contribution >= 0.6 is 11.6 Å². The Bertz CT molecular complexity index is 848. The molecule has 0 bridgehead atoms. The van der Waals surface area contributed by atoms with Gasteiger partial charge in [0.1, 0.15) is 13.2 Å². The number of nitrogens with one attached hydrogen (secondary N) is 1. The first-order chi connectivity index (χ1) is 11.4. The molecule has 0 saturated heterocycles. The second-order valence-corrected chi connectivity index (χ2v) is 7.89. The van der Waals surface area contributed by atoms with Crippen LogP contribution < -0.4 is 14.2 Å². The molecule has 0 fully saturated rings. The van der Waals surface area contributed by atoms with Gasteiger partial charge in [0.2, 0.25) is 0 Å². The molecular weight excluding hydrogens is 350 g/mol. The molecule has 0 atom stereocenters. The van der Waals surface area contributed by atoms with E-state index in [1.807, 2.05) is 12.1 Å². The van der Waals surface area contributed by atoms with Crippen molar-refractivity contribution in [2.24, 2.45) is 0 Å². The van der Waals surface area contributed by atoms with Crippen LogP contribution in [0.25, 0.3) is 0 Å². The lowest BCUT2D eigenvalue weighted by Crippen LogP contribution is -2.17. The summed E-state index contributed by atoms with van der Waals surface area (Å²) < 4.78 is 38.5. The molecule has 0 radical (unpaired) electrons. The van der Waals surface area contributed by atoms with E-state index in [1.54, 1.807) is 18.2 Å². The first kappa shape index (κ1) is 16.9. The second-order valence-electron chi connectivity index (χ2n) is 5.80. The molecule has 1 heterocycles. The van der Waals surface area contributed by atoms with Crippen molar-refractivity contribution in [2.45, 2.75) is 24.7 Å². The predicted molar refractivity (Wildman–Crippen MR) is 93.8 cm³/mol. The Hall–Kier alpha value is -1.92. The summed E-state index contributed by atoms with van der Waals surface area (Å²) in [5.74, 6) is 1.32. The minimum Gasteiger partial charge on any atom is -0.486 e. The number of ether oxygens (including phenoxy) is 2. The summed E-state index contributed by atoms with van der Waals surface area (Å²) in [6.07, 6.45) is 0. The van der Waals surface area contributed by atoms with E-state index in [1.165, 1.54) is 6.07 Å². The quantitative estimate of drug-likeness (QED) is 0.885. The number of rotatable bonds is 4. The van der Waals surface area contributed by atoms with Crippen LogP contribution in [-0.4, -0.2) is 21.6 Å². The van der Waals surface area contributed by atoms with Gasteiger partial charge in [-0.25, -0.2) is 8.42 Å². The average Bonchev–Trinajstić information content (AvgIpc) is 2.55.